The molecule has 1 atom stereocenters. The Hall–Kier alpha value is -2.17. The molecule has 1 aliphatic rings. The number of hydrogen-bond donors (Lipinski definition) is 1. The number of carbonyl (C=O) groups is 3. The van der Waals surface area contributed by atoms with Gasteiger partial charge in [-0.2, -0.15) is 0 Å². The van der Waals surface area contributed by atoms with Gasteiger partial charge >= 0.3 is 5.97 Å². The van der Waals surface area contributed by atoms with E-state index in [4.69, 9.17) is 6.48 Å². The van der Waals surface area contributed by atoms with Crippen LogP contribution in [0, 0.1) is 0 Å². The Morgan fingerprint density at radius 1 is 1.27 bits per heavy atom. The van der Waals surface area contributed by atoms with E-state index in [1.807, 2.05) is 0 Å². The van der Waals surface area contributed by atoms with Crippen LogP contribution in [-0.4, -0.2) is 34.3 Å². The van der Waals surface area contributed by atoms with Crippen LogP contribution in [0.2, 0.25) is 0 Å². The number of rotatable bonds is 2. The van der Waals surface area contributed by atoms with E-state index >= 15 is 0 Å². The van der Waals surface area contributed by atoms with Crippen LogP contribution in [0.1, 0.15) is 22.1 Å². The SMILES string of the molecule is [2H][C@@H](C(=O)O)N1C(=O)c2ccccc2C1=O. The van der Waals surface area contributed by atoms with Gasteiger partial charge in [0.1, 0.15) is 6.52 Å². The smallest absolute Gasteiger partial charge is 0.323 e. The monoisotopic (exact) mass is 206 g/mol. The Morgan fingerprint density at radius 3 is 2.13 bits per heavy atom. The van der Waals surface area contributed by atoms with Gasteiger partial charge in [-0.05, 0) is 12.1 Å². The second-order valence-corrected chi connectivity index (χ2v) is 2.99. The summed E-state index contributed by atoms with van der Waals surface area (Å²) in [4.78, 5) is 34.4. The van der Waals surface area contributed by atoms with Crippen LogP contribution in [0.3, 0.4) is 0 Å². The number of amides is 2. The first kappa shape index (κ1) is 8.16. The quantitative estimate of drug-likeness (QED) is 0.709. The van der Waals surface area contributed by atoms with Crippen LogP contribution < -0.4 is 0 Å². The van der Waals surface area contributed by atoms with Gasteiger partial charge in [0.05, 0.1) is 12.5 Å². The lowest BCUT2D eigenvalue weighted by atomic mass is 10.1. The first-order chi connectivity index (χ1) is 7.54. The van der Waals surface area contributed by atoms with Crippen LogP contribution >= 0.6 is 0 Å². The number of carbonyl (C=O) groups excluding carboxylic acids is 2. The third kappa shape index (κ3) is 1.38. The van der Waals surface area contributed by atoms with Gasteiger partial charge in [-0.3, -0.25) is 19.3 Å². The summed E-state index contributed by atoms with van der Waals surface area (Å²) in [5.41, 5.74) is 0.289. The molecule has 0 aromatic heterocycles. The fourth-order valence-corrected chi connectivity index (χ4v) is 1.44. The van der Waals surface area contributed by atoms with Gasteiger partial charge in [-0.15, -0.1) is 0 Å². The number of hydrogen-bond acceptors (Lipinski definition) is 3. The van der Waals surface area contributed by atoms with Gasteiger partial charge in [0.15, 0.2) is 0 Å². The lowest BCUT2D eigenvalue weighted by Gasteiger charge is -2.09. The number of imide groups is 1. The minimum absolute atomic E-state index is 0.144. The van der Waals surface area contributed by atoms with Crippen molar-refractivity contribution in [2.45, 2.75) is 0 Å². The van der Waals surface area contributed by atoms with Crippen molar-refractivity contribution in [3.05, 3.63) is 35.4 Å². The lowest BCUT2D eigenvalue weighted by Crippen LogP contribution is -2.34. The highest BCUT2D eigenvalue weighted by Gasteiger charge is 2.35. The van der Waals surface area contributed by atoms with Crippen molar-refractivity contribution in [3.8, 4) is 0 Å². The molecule has 0 saturated heterocycles. The fourth-order valence-electron chi connectivity index (χ4n) is 1.44. The predicted octanol–water partition coefficient (Wildman–Crippen LogP) is 0.367. The number of aliphatic carboxylic acids is 1. The Bertz CT molecular complexity index is 464. The number of carboxylic acid groups (broad SMARTS) is 1. The normalized spacial score (nSPS) is 17.3. The van der Waals surface area contributed by atoms with Crippen molar-refractivity contribution in [1.29, 1.82) is 0 Å². The van der Waals surface area contributed by atoms with Crippen LogP contribution in [0.25, 0.3) is 0 Å². The molecule has 1 heterocycles. The molecule has 1 aromatic carbocycles. The molecule has 2 amide bonds. The highest BCUT2D eigenvalue weighted by molar-refractivity contribution is 6.22. The summed E-state index contributed by atoms with van der Waals surface area (Å²) in [5, 5.41) is 8.62. The van der Waals surface area contributed by atoms with E-state index in [1.54, 1.807) is 12.1 Å². The fraction of sp³-hybridized carbons (Fsp3) is 0.100. The average molecular weight is 206 g/mol. The van der Waals surface area contributed by atoms with E-state index < -0.39 is 24.3 Å². The van der Waals surface area contributed by atoms with Crippen LogP contribution in [0.4, 0.5) is 0 Å². The summed E-state index contributed by atoms with van der Waals surface area (Å²) in [6, 6.07) is 6.02. The molecular formula is C10H7NO4. The maximum absolute atomic E-state index is 11.7. The topological polar surface area (TPSA) is 74.7 Å². The zero-order chi connectivity index (χ0) is 11.9. The minimum Gasteiger partial charge on any atom is -0.480 e. The molecule has 1 aliphatic heterocycles. The molecule has 5 nitrogen and oxygen atoms in total. The molecule has 5 heteroatoms. The van der Waals surface area contributed by atoms with E-state index in [-0.39, 0.29) is 11.1 Å². The summed E-state index contributed by atoms with van der Waals surface area (Å²) in [5.74, 6) is -3.00. The maximum Gasteiger partial charge on any atom is 0.323 e. The van der Waals surface area contributed by atoms with Gasteiger partial charge in [-0.1, -0.05) is 12.1 Å². The number of nitrogens with zero attached hydrogens (tertiary/aromatic N) is 1. The molecule has 2 rings (SSSR count). The van der Waals surface area contributed by atoms with Crippen molar-refractivity contribution in [3.63, 3.8) is 0 Å². The highest BCUT2D eigenvalue weighted by Crippen LogP contribution is 2.21. The van der Waals surface area contributed by atoms with Crippen molar-refractivity contribution < 1.29 is 20.9 Å². The Kier molecular flexibility index (Phi) is 1.74. The van der Waals surface area contributed by atoms with Crippen molar-refractivity contribution >= 4 is 17.8 Å². The summed E-state index contributed by atoms with van der Waals surface area (Å²) < 4.78 is 7.25. The third-order valence-corrected chi connectivity index (χ3v) is 2.07. The summed E-state index contributed by atoms with van der Waals surface area (Å²) in [6.45, 7) is -1.90. The van der Waals surface area contributed by atoms with Crippen molar-refractivity contribution in [2.24, 2.45) is 0 Å². The molecule has 1 aromatic rings. The molecular weight excluding hydrogens is 198 g/mol. The van der Waals surface area contributed by atoms with E-state index in [0.29, 0.717) is 4.90 Å². The van der Waals surface area contributed by atoms with Gasteiger partial charge in [0.25, 0.3) is 11.8 Å². The summed E-state index contributed by atoms with van der Waals surface area (Å²) in [6.07, 6.45) is 0. The third-order valence-electron chi connectivity index (χ3n) is 2.07. The first-order valence-electron chi connectivity index (χ1n) is 4.73. The van der Waals surface area contributed by atoms with Gasteiger partial charge in [0.2, 0.25) is 0 Å². The second-order valence-electron chi connectivity index (χ2n) is 2.99. The van der Waals surface area contributed by atoms with Gasteiger partial charge in [0, 0.05) is 0 Å². The molecule has 0 radical (unpaired) electrons. The molecule has 15 heavy (non-hydrogen) atoms. The van der Waals surface area contributed by atoms with E-state index in [0.717, 1.165) is 0 Å². The number of carboxylic acids is 1. The molecule has 0 spiro atoms. The van der Waals surface area contributed by atoms with E-state index in [1.165, 1.54) is 12.1 Å². The van der Waals surface area contributed by atoms with Crippen LogP contribution in [0.5, 0.6) is 0 Å². The summed E-state index contributed by atoms with van der Waals surface area (Å²) >= 11 is 0. The van der Waals surface area contributed by atoms with Gasteiger partial charge < -0.3 is 5.11 Å². The van der Waals surface area contributed by atoms with E-state index in [2.05, 4.69) is 0 Å². The molecule has 0 bridgehead atoms. The molecule has 0 fully saturated rings. The lowest BCUT2D eigenvalue weighted by molar-refractivity contribution is -0.137. The zero-order valence-electron chi connectivity index (χ0n) is 8.51. The Balaban J connectivity index is 2.46. The number of benzene rings is 1. The Labute approximate surface area is 86.3 Å². The molecule has 1 N–H and O–H groups in total. The minimum atomic E-state index is -1.90. The second kappa shape index (κ2) is 3.20. The molecule has 76 valence electrons. The molecule has 0 aliphatic carbocycles. The number of fused-ring (bicyclic) bond motifs is 1. The summed E-state index contributed by atoms with van der Waals surface area (Å²) in [7, 11) is 0. The maximum atomic E-state index is 11.7. The van der Waals surface area contributed by atoms with Crippen LogP contribution in [-0.2, 0) is 4.79 Å². The van der Waals surface area contributed by atoms with E-state index in [9.17, 15) is 14.4 Å². The van der Waals surface area contributed by atoms with Crippen LogP contribution in [0.15, 0.2) is 24.3 Å². The highest BCUT2D eigenvalue weighted by atomic mass is 16.4. The predicted molar refractivity (Wildman–Crippen MR) is 49.4 cm³/mol. The zero-order valence-corrected chi connectivity index (χ0v) is 7.51. The Morgan fingerprint density at radius 2 is 1.73 bits per heavy atom. The van der Waals surface area contributed by atoms with Crippen molar-refractivity contribution in [1.82, 2.24) is 4.90 Å². The van der Waals surface area contributed by atoms with Crippen molar-refractivity contribution in [2.75, 3.05) is 6.52 Å². The molecule has 0 unspecified atom stereocenters. The van der Waals surface area contributed by atoms with Gasteiger partial charge in [-0.25, -0.2) is 0 Å². The average Bonchev–Trinajstić information content (AvgIpc) is 2.52. The molecule has 0 saturated carbocycles. The first-order valence-corrected chi connectivity index (χ1v) is 4.16. The standard InChI is InChI=1S/C10H7NO4/c12-8(13)5-11-9(14)6-3-1-2-4-7(6)10(11)15/h1-4H,5H2,(H,12,13)/i5D/t5-/m0/s1. The largest absolute Gasteiger partial charge is 0.480 e.